The van der Waals surface area contributed by atoms with E-state index < -0.39 is 0 Å². The molecule has 4 rings (SSSR count). The van der Waals surface area contributed by atoms with Gasteiger partial charge in [0, 0.05) is 19.4 Å². The van der Waals surface area contributed by atoms with Crippen LogP contribution in [-0.2, 0) is 6.42 Å². The number of fused-ring (bicyclic) bond motifs is 1. The number of hydrogen-bond acceptors (Lipinski definition) is 4. The van der Waals surface area contributed by atoms with E-state index in [0.717, 1.165) is 34.0 Å². The summed E-state index contributed by atoms with van der Waals surface area (Å²) in [5.74, 6) is 3.15. The molecule has 1 aromatic carbocycles. The molecule has 0 bridgehead atoms. The minimum absolute atomic E-state index is 0.0832. The van der Waals surface area contributed by atoms with Crippen molar-refractivity contribution in [2.45, 2.75) is 31.3 Å². The standard InChI is InChI=1S/C16H16BrN3O/c1-18-16-13(17)14(9-6-7-9)19-15(20-16)12-8-10-4-2-3-5-11(10)21-12/h2-5,9,12H,6-8H2,1H3,(H,18,19,20). The molecule has 1 aliphatic heterocycles. The molecule has 1 aliphatic carbocycles. The van der Waals surface area contributed by atoms with Gasteiger partial charge in [-0.2, -0.15) is 0 Å². The third-order valence-electron chi connectivity index (χ3n) is 4.03. The summed E-state index contributed by atoms with van der Waals surface area (Å²) in [7, 11) is 1.89. The van der Waals surface area contributed by atoms with E-state index in [0.29, 0.717) is 5.92 Å². The first-order chi connectivity index (χ1) is 10.3. The Labute approximate surface area is 132 Å². The lowest BCUT2D eigenvalue weighted by Gasteiger charge is -2.14. The Balaban J connectivity index is 1.71. The van der Waals surface area contributed by atoms with Crippen molar-refractivity contribution in [3.63, 3.8) is 0 Å². The number of ether oxygens (including phenoxy) is 1. The second kappa shape index (κ2) is 4.98. The molecule has 0 radical (unpaired) electrons. The predicted octanol–water partition coefficient (Wildman–Crippen LogP) is 3.83. The Morgan fingerprint density at radius 1 is 1.24 bits per heavy atom. The van der Waals surface area contributed by atoms with Gasteiger partial charge in [0.1, 0.15) is 11.6 Å². The summed E-state index contributed by atoms with van der Waals surface area (Å²) in [6.45, 7) is 0. The van der Waals surface area contributed by atoms with Crippen molar-refractivity contribution in [3.8, 4) is 5.75 Å². The van der Waals surface area contributed by atoms with Crippen LogP contribution in [0.25, 0.3) is 0 Å². The highest BCUT2D eigenvalue weighted by molar-refractivity contribution is 9.10. The van der Waals surface area contributed by atoms with Crippen molar-refractivity contribution in [1.29, 1.82) is 0 Å². The summed E-state index contributed by atoms with van der Waals surface area (Å²) in [6, 6.07) is 8.16. The molecular formula is C16H16BrN3O. The maximum absolute atomic E-state index is 6.02. The van der Waals surface area contributed by atoms with Gasteiger partial charge in [-0.1, -0.05) is 18.2 Å². The molecule has 0 amide bonds. The summed E-state index contributed by atoms with van der Waals surface area (Å²) in [5.41, 5.74) is 2.34. The zero-order chi connectivity index (χ0) is 14.4. The normalized spacial score (nSPS) is 20.0. The third kappa shape index (κ3) is 2.29. The van der Waals surface area contributed by atoms with Gasteiger partial charge in [-0.3, -0.25) is 0 Å². The number of benzene rings is 1. The quantitative estimate of drug-likeness (QED) is 0.918. The molecule has 0 spiro atoms. The molecular weight excluding hydrogens is 330 g/mol. The van der Waals surface area contributed by atoms with Gasteiger partial charge < -0.3 is 10.1 Å². The van der Waals surface area contributed by atoms with Gasteiger partial charge in [0.2, 0.25) is 0 Å². The fraction of sp³-hybridized carbons (Fsp3) is 0.375. The first-order valence-electron chi connectivity index (χ1n) is 7.26. The van der Waals surface area contributed by atoms with Crippen LogP contribution in [0.1, 0.15) is 41.9 Å². The maximum atomic E-state index is 6.02. The van der Waals surface area contributed by atoms with Crippen molar-refractivity contribution in [3.05, 3.63) is 45.8 Å². The van der Waals surface area contributed by atoms with E-state index in [2.05, 4.69) is 32.3 Å². The fourth-order valence-electron chi connectivity index (χ4n) is 2.75. The largest absolute Gasteiger partial charge is 0.482 e. The topological polar surface area (TPSA) is 47.0 Å². The van der Waals surface area contributed by atoms with Crippen LogP contribution in [-0.4, -0.2) is 17.0 Å². The molecule has 108 valence electrons. The van der Waals surface area contributed by atoms with Crippen molar-refractivity contribution in [2.24, 2.45) is 0 Å². The smallest absolute Gasteiger partial charge is 0.172 e. The Morgan fingerprint density at radius 2 is 2.05 bits per heavy atom. The summed E-state index contributed by atoms with van der Waals surface area (Å²) < 4.78 is 7.01. The number of nitrogens with one attached hydrogen (secondary N) is 1. The van der Waals surface area contributed by atoms with E-state index >= 15 is 0 Å². The predicted molar refractivity (Wildman–Crippen MR) is 84.8 cm³/mol. The summed E-state index contributed by atoms with van der Waals surface area (Å²) in [5, 5.41) is 3.15. The highest BCUT2D eigenvalue weighted by Gasteiger charge is 2.32. The number of halogens is 1. The molecule has 1 atom stereocenters. The molecule has 2 aliphatic rings. The lowest BCUT2D eigenvalue weighted by atomic mass is 10.1. The van der Waals surface area contributed by atoms with Gasteiger partial charge in [0.25, 0.3) is 0 Å². The number of anilines is 1. The molecule has 1 aromatic heterocycles. The molecule has 1 saturated carbocycles. The van der Waals surface area contributed by atoms with Crippen molar-refractivity contribution in [2.75, 3.05) is 12.4 Å². The lowest BCUT2D eigenvalue weighted by molar-refractivity contribution is 0.227. The fourth-order valence-corrected chi connectivity index (χ4v) is 3.44. The summed E-state index contributed by atoms with van der Waals surface area (Å²) in [4.78, 5) is 9.42. The number of para-hydroxylation sites is 1. The average molecular weight is 346 g/mol. The zero-order valence-electron chi connectivity index (χ0n) is 11.8. The summed E-state index contributed by atoms with van der Waals surface area (Å²) in [6.07, 6.45) is 3.18. The van der Waals surface area contributed by atoms with Crippen molar-refractivity contribution < 1.29 is 4.74 Å². The van der Waals surface area contributed by atoms with Gasteiger partial charge in [0.15, 0.2) is 11.9 Å². The average Bonchev–Trinajstić information content (AvgIpc) is 3.25. The van der Waals surface area contributed by atoms with E-state index in [9.17, 15) is 0 Å². The van der Waals surface area contributed by atoms with E-state index in [-0.39, 0.29) is 6.10 Å². The molecule has 4 nitrogen and oxygen atoms in total. The first kappa shape index (κ1) is 13.1. The van der Waals surface area contributed by atoms with E-state index in [4.69, 9.17) is 9.72 Å². The maximum Gasteiger partial charge on any atom is 0.172 e. The van der Waals surface area contributed by atoms with Gasteiger partial charge >= 0.3 is 0 Å². The Morgan fingerprint density at radius 3 is 2.76 bits per heavy atom. The molecule has 1 unspecified atom stereocenters. The van der Waals surface area contributed by atoms with Gasteiger partial charge in [-0.15, -0.1) is 0 Å². The lowest BCUT2D eigenvalue weighted by Crippen LogP contribution is -2.12. The summed E-state index contributed by atoms with van der Waals surface area (Å²) >= 11 is 3.62. The van der Waals surface area contributed by atoms with Crippen LogP contribution in [0.3, 0.4) is 0 Å². The van der Waals surface area contributed by atoms with Gasteiger partial charge in [-0.25, -0.2) is 9.97 Å². The number of aromatic nitrogens is 2. The zero-order valence-corrected chi connectivity index (χ0v) is 13.4. The number of nitrogens with zero attached hydrogens (tertiary/aromatic N) is 2. The molecule has 5 heteroatoms. The number of rotatable bonds is 3. The van der Waals surface area contributed by atoms with Crippen LogP contribution in [0.2, 0.25) is 0 Å². The molecule has 2 heterocycles. The Bertz CT molecular complexity index is 675. The monoisotopic (exact) mass is 345 g/mol. The SMILES string of the molecule is CNc1nc(C2Cc3ccccc3O2)nc(C2CC2)c1Br. The second-order valence-electron chi connectivity index (χ2n) is 5.57. The van der Waals surface area contributed by atoms with Crippen LogP contribution in [0.5, 0.6) is 5.75 Å². The van der Waals surface area contributed by atoms with Crippen molar-refractivity contribution >= 4 is 21.7 Å². The van der Waals surface area contributed by atoms with Crippen LogP contribution >= 0.6 is 15.9 Å². The van der Waals surface area contributed by atoms with E-state index in [1.165, 1.54) is 18.4 Å². The minimum atomic E-state index is -0.0832. The molecule has 1 N–H and O–H groups in total. The van der Waals surface area contributed by atoms with Crippen LogP contribution in [0, 0.1) is 0 Å². The van der Waals surface area contributed by atoms with E-state index in [1.807, 2.05) is 25.2 Å². The van der Waals surface area contributed by atoms with Crippen LogP contribution < -0.4 is 10.1 Å². The number of hydrogen-bond donors (Lipinski definition) is 1. The molecule has 2 aromatic rings. The minimum Gasteiger partial charge on any atom is -0.482 e. The first-order valence-corrected chi connectivity index (χ1v) is 8.05. The Hall–Kier alpha value is -1.62. The molecule has 0 saturated heterocycles. The highest BCUT2D eigenvalue weighted by atomic mass is 79.9. The van der Waals surface area contributed by atoms with Crippen LogP contribution in [0.15, 0.2) is 28.7 Å². The van der Waals surface area contributed by atoms with E-state index in [1.54, 1.807) is 0 Å². The van der Waals surface area contributed by atoms with Gasteiger partial charge in [0.05, 0.1) is 10.2 Å². The second-order valence-corrected chi connectivity index (χ2v) is 6.37. The highest BCUT2D eigenvalue weighted by Crippen LogP contribution is 2.45. The third-order valence-corrected chi connectivity index (χ3v) is 4.81. The van der Waals surface area contributed by atoms with Gasteiger partial charge in [-0.05, 0) is 40.4 Å². The molecule has 1 fully saturated rings. The van der Waals surface area contributed by atoms with Crippen LogP contribution in [0.4, 0.5) is 5.82 Å². The Kier molecular flexibility index (Phi) is 3.10. The van der Waals surface area contributed by atoms with Crippen molar-refractivity contribution in [1.82, 2.24) is 9.97 Å². The molecule has 21 heavy (non-hydrogen) atoms.